The van der Waals surface area contributed by atoms with Crippen molar-refractivity contribution in [2.45, 2.75) is 24.9 Å². The highest BCUT2D eigenvalue weighted by Crippen LogP contribution is 2.34. The van der Waals surface area contributed by atoms with Crippen LogP contribution in [0.2, 0.25) is 0 Å². The lowest BCUT2D eigenvalue weighted by atomic mass is 9.80. The number of hydrogen-bond donors (Lipinski definition) is 2. The second-order valence-corrected chi connectivity index (χ2v) is 4.62. The van der Waals surface area contributed by atoms with E-state index in [0.29, 0.717) is 6.54 Å². The summed E-state index contributed by atoms with van der Waals surface area (Å²) in [5.41, 5.74) is 5.33. The first kappa shape index (κ1) is 12.8. The molecule has 2 rings (SSSR count). The monoisotopic (exact) mass is 252 g/mol. The summed E-state index contributed by atoms with van der Waals surface area (Å²) in [6.45, 7) is 0.429. The number of carbonyl (C=O) groups is 1. The van der Waals surface area contributed by atoms with Crippen molar-refractivity contribution in [2.75, 3.05) is 19.4 Å². The summed E-state index contributed by atoms with van der Waals surface area (Å²) in [6, 6.07) is 4.21. The van der Waals surface area contributed by atoms with Gasteiger partial charge in [0.2, 0.25) is 0 Å². The van der Waals surface area contributed by atoms with Crippen LogP contribution in [-0.2, 0) is 4.74 Å². The Balaban J connectivity index is 2.02. The van der Waals surface area contributed by atoms with Gasteiger partial charge in [0.15, 0.2) is 0 Å². The number of ether oxygens (including phenoxy) is 1. The van der Waals surface area contributed by atoms with Gasteiger partial charge in [-0.3, -0.25) is 4.79 Å². The zero-order chi connectivity index (χ0) is 13.2. The molecule has 1 fully saturated rings. The number of rotatable bonds is 4. The molecule has 3 N–H and O–H groups in total. The van der Waals surface area contributed by atoms with E-state index in [-0.39, 0.29) is 22.8 Å². The van der Waals surface area contributed by atoms with E-state index in [4.69, 9.17) is 10.5 Å². The van der Waals surface area contributed by atoms with Gasteiger partial charge < -0.3 is 15.8 Å². The van der Waals surface area contributed by atoms with Crippen LogP contribution in [0.4, 0.5) is 10.1 Å². The Morgan fingerprint density at radius 1 is 1.56 bits per heavy atom. The van der Waals surface area contributed by atoms with Gasteiger partial charge in [-0.1, -0.05) is 6.07 Å². The molecule has 0 aliphatic heterocycles. The van der Waals surface area contributed by atoms with Gasteiger partial charge in [-0.15, -0.1) is 0 Å². The number of methoxy groups -OCH3 is 1. The minimum absolute atomic E-state index is 0.116. The maximum absolute atomic E-state index is 13.2. The van der Waals surface area contributed by atoms with Crippen molar-refractivity contribution in [1.82, 2.24) is 5.32 Å². The van der Waals surface area contributed by atoms with Crippen molar-refractivity contribution in [3.8, 4) is 0 Å². The summed E-state index contributed by atoms with van der Waals surface area (Å²) in [7, 11) is 1.64. The summed E-state index contributed by atoms with van der Waals surface area (Å²) < 4.78 is 18.6. The van der Waals surface area contributed by atoms with Crippen molar-refractivity contribution in [3.05, 3.63) is 29.6 Å². The van der Waals surface area contributed by atoms with Crippen LogP contribution >= 0.6 is 0 Å². The number of benzene rings is 1. The van der Waals surface area contributed by atoms with Crippen LogP contribution in [0.3, 0.4) is 0 Å². The number of nitrogen functional groups attached to an aromatic ring is 1. The van der Waals surface area contributed by atoms with Crippen molar-refractivity contribution >= 4 is 11.6 Å². The highest BCUT2D eigenvalue weighted by Gasteiger charge is 2.37. The van der Waals surface area contributed by atoms with Crippen molar-refractivity contribution in [2.24, 2.45) is 0 Å². The molecule has 0 heterocycles. The van der Waals surface area contributed by atoms with E-state index in [1.807, 2.05) is 0 Å². The van der Waals surface area contributed by atoms with Crippen molar-refractivity contribution in [1.29, 1.82) is 0 Å². The third-order valence-corrected chi connectivity index (χ3v) is 3.57. The summed E-state index contributed by atoms with van der Waals surface area (Å²) in [5.74, 6) is -0.942. The van der Waals surface area contributed by atoms with Crippen LogP contribution in [0.5, 0.6) is 0 Å². The second-order valence-electron chi connectivity index (χ2n) is 4.62. The molecule has 1 aromatic carbocycles. The van der Waals surface area contributed by atoms with Crippen molar-refractivity contribution < 1.29 is 13.9 Å². The average molecular weight is 252 g/mol. The van der Waals surface area contributed by atoms with Gasteiger partial charge in [0, 0.05) is 13.7 Å². The lowest BCUT2D eigenvalue weighted by Crippen LogP contribution is -2.49. The van der Waals surface area contributed by atoms with E-state index in [1.54, 1.807) is 7.11 Å². The molecule has 1 aliphatic rings. The summed E-state index contributed by atoms with van der Waals surface area (Å²) >= 11 is 0. The van der Waals surface area contributed by atoms with Gasteiger partial charge in [0.1, 0.15) is 5.82 Å². The molecule has 0 spiro atoms. The van der Waals surface area contributed by atoms with Crippen LogP contribution in [0.15, 0.2) is 18.2 Å². The lowest BCUT2D eigenvalue weighted by molar-refractivity contribution is -0.0679. The molecule has 0 radical (unpaired) electrons. The standard InChI is InChI=1S/C13H17FN2O2/c1-18-13(6-3-7-13)8-16-12(17)9-4-2-5-10(14)11(9)15/h2,4-5H,3,6-8,15H2,1H3,(H,16,17). The topological polar surface area (TPSA) is 64.3 Å². The van der Waals surface area contributed by atoms with Crippen LogP contribution in [-0.4, -0.2) is 25.2 Å². The van der Waals surface area contributed by atoms with E-state index >= 15 is 0 Å². The molecule has 18 heavy (non-hydrogen) atoms. The molecule has 0 atom stereocenters. The molecular weight excluding hydrogens is 235 g/mol. The fourth-order valence-electron chi connectivity index (χ4n) is 2.10. The van der Waals surface area contributed by atoms with Crippen LogP contribution < -0.4 is 11.1 Å². The molecule has 0 aromatic heterocycles. The normalized spacial score (nSPS) is 17.0. The second kappa shape index (κ2) is 4.94. The summed E-state index contributed by atoms with van der Waals surface area (Å²) in [6.07, 6.45) is 2.97. The number of nitrogens with two attached hydrogens (primary N) is 1. The number of nitrogens with one attached hydrogen (secondary N) is 1. The Kier molecular flexibility index (Phi) is 3.52. The third-order valence-electron chi connectivity index (χ3n) is 3.57. The maximum atomic E-state index is 13.2. The maximum Gasteiger partial charge on any atom is 0.253 e. The molecule has 5 heteroatoms. The third kappa shape index (κ3) is 2.31. The summed E-state index contributed by atoms with van der Waals surface area (Å²) in [5, 5.41) is 2.75. The number of carbonyl (C=O) groups excluding carboxylic acids is 1. The Labute approximate surface area is 105 Å². The molecule has 0 bridgehead atoms. The number of anilines is 1. The number of amides is 1. The molecule has 98 valence electrons. The fourth-order valence-corrected chi connectivity index (χ4v) is 2.10. The molecule has 1 aliphatic carbocycles. The molecular formula is C13H17FN2O2. The quantitative estimate of drug-likeness (QED) is 0.802. The van der Waals surface area contributed by atoms with Crippen LogP contribution in [0.25, 0.3) is 0 Å². The first-order valence-corrected chi connectivity index (χ1v) is 5.95. The minimum Gasteiger partial charge on any atom is -0.396 e. The van der Waals surface area contributed by atoms with E-state index in [0.717, 1.165) is 19.3 Å². The molecule has 0 unspecified atom stereocenters. The number of para-hydroxylation sites is 1. The van der Waals surface area contributed by atoms with Gasteiger partial charge in [0.05, 0.1) is 16.9 Å². The molecule has 1 amide bonds. The van der Waals surface area contributed by atoms with E-state index in [2.05, 4.69) is 5.32 Å². The van der Waals surface area contributed by atoms with Gasteiger partial charge in [-0.2, -0.15) is 0 Å². The lowest BCUT2D eigenvalue weighted by Gasteiger charge is -2.40. The molecule has 1 saturated carbocycles. The zero-order valence-corrected chi connectivity index (χ0v) is 10.3. The molecule has 4 nitrogen and oxygen atoms in total. The van der Waals surface area contributed by atoms with Crippen LogP contribution in [0, 0.1) is 5.82 Å². The SMILES string of the molecule is COC1(CNC(=O)c2cccc(F)c2N)CCC1. The Bertz CT molecular complexity index is 453. The van der Waals surface area contributed by atoms with Crippen LogP contribution in [0.1, 0.15) is 29.6 Å². The Morgan fingerprint density at radius 2 is 2.28 bits per heavy atom. The van der Waals surface area contributed by atoms with E-state index < -0.39 is 5.82 Å². The highest BCUT2D eigenvalue weighted by atomic mass is 19.1. The predicted octanol–water partition coefficient (Wildman–Crippen LogP) is 1.71. The zero-order valence-electron chi connectivity index (χ0n) is 10.3. The first-order valence-electron chi connectivity index (χ1n) is 5.95. The molecule has 0 saturated heterocycles. The average Bonchev–Trinajstić information content (AvgIpc) is 2.31. The highest BCUT2D eigenvalue weighted by molar-refractivity contribution is 5.99. The largest absolute Gasteiger partial charge is 0.396 e. The summed E-state index contributed by atoms with van der Waals surface area (Å²) in [4.78, 5) is 11.9. The van der Waals surface area contributed by atoms with Gasteiger partial charge in [0.25, 0.3) is 5.91 Å². The van der Waals surface area contributed by atoms with Gasteiger partial charge in [-0.25, -0.2) is 4.39 Å². The number of hydrogen-bond acceptors (Lipinski definition) is 3. The van der Waals surface area contributed by atoms with E-state index in [9.17, 15) is 9.18 Å². The first-order chi connectivity index (χ1) is 8.58. The Morgan fingerprint density at radius 3 is 2.83 bits per heavy atom. The van der Waals surface area contributed by atoms with Crippen molar-refractivity contribution in [3.63, 3.8) is 0 Å². The smallest absolute Gasteiger partial charge is 0.253 e. The molecule has 1 aromatic rings. The predicted molar refractivity (Wildman–Crippen MR) is 66.7 cm³/mol. The van der Waals surface area contributed by atoms with E-state index in [1.165, 1.54) is 18.2 Å². The number of halogens is 1. The van der Waals surface area contributed by atoms with Gasteiger partial charge >= 0.3 is 0 Å². The fraction of sp³-hybridized carbons (Fsp3) is 0.462. The minimum atomic E-state index is -0.576. The van der Waals surface area contributed by atoms with Gasteiger partial charge in [-0.05, 0) is 31.4 Å². The Hall–Kier alpha value is -1.62.